The first-order valence-electron chi connectivity index (χ1n) is 9.30. The first-order valence-corrected chi connectivity index (χ1v) is 9.30. The van der Waals surface area contributed by atoms with Gasteiger partial charge in [0.05, 0.1) is 19.8 Å². The first-order chi connectivity index (χ1) is 13.7. The number of rotatable bonds is 8. The van der Waals surface area contributed by atoms with E-state index in [-0.39, 0.29) is 6.61 Å². The highest BCUT2D eigenvalue weighted by molar-refractivity contribution is 5.66. The largest absolute Gasteiger partial charge is 0.454 e. The number of hydrogen-bond acceptors (Lipinski definition) is 6. The highest BCUT2D eigenvalue weighted by Crippen LogP contribution is 2.26. The van der Waals surface area contributed by atoms with Gasteiger partial charge < -0.3 is 23.7 Å². The van der Waals surface area contributed by atoms with Gasteiger partial charge in [-0.1, -0.05) is 60.7 Å². The zero-order chi connectivity index (χ0) is 19.8. The summed E-state index contributed by atoms with van der Waals surface area (Å²) in [7, 11) is 1.51. The number of carbonyl (C=O) groups excluding carboxylic acids is 1. The fraction of sp³-hybridized carbons (Fsp3) is 0.409. The SMILES string of the molecule is CO[C@@H]1OC[C@@H](OCc2ccccc2)[C@H](OCc2ccccc2)[C@H]1OC(C)=O. The van der Waals surface area contributed by atoms with Crippen molar-refractivity contribution in [1.82, 2.24) is 0 Å². The highest BCUT2D eigenvalue weighted by Gasteiger charge is 2.44. The highest BCUT2D eigenvalue weighted by atomic mass is 16.7. The summed E-state index contributed by atoms with van der Waals surface area (Å²) in [6, 6.07) is 19.7. The number of ether oxygens (including phenoxy) is 5. The van der Waals surface area contributed by atoms with E-state index in [9.17, 15) is 4.79 Å². The maximum absolute atomic E-state index is 11.6. The zero-order valence-corrected chi connectivity index (χ0v) is 16.2. The first kappa shape index (κ1) is 20.5. The minimum Gasteiger partial charge on any atom is -0.454 e. The van der Waals surface area contributed by atoms with Gasteiger partial charge in [0.2, 0.25) is 0 Å². The van der Waals surface area contributed by atoms with Crippen molar-refractivity contribution in [2.45, 2.75) is 44.7 Å². The fourth-order valence-electron chi connectivity index (χ4n) is 3.15. The van der Waals surface area contributed by atoms with E-state index < -0.39 is 30.6 Å². The number of hydrogen-bond donors (Lipinski definition) is 0. The van der Waals surface area contributed by atoms with Gasteiger partial charge in [-0.15, -0.1) is 0 Å². The van der Waals surface area contributed by atoms with E-state index in [2.05, 4.69) is 0 Å². The molecule has 0 aliphatic carbocycles. The summed E-state index contributed by atoms with van der Waals surface area (Å²) in [5, 5.41) is 0. The molecule has 0 spiro atoms. The molecule has 0 saturated carbocycles. The predicted octanol–water partition coefficient (Wildman–Crippen LogP) is 3.09. The van der Waals surface area contributed by atoms with Crippen LogP contribution in [0.2, 0.25) is 0 Å². The molecule has 3 rings (SSSR count). The van der Waals surface area contributed by atoms with Crippen molar-refractivity contribution in [1.29, 1.82) is 0 Å². The summed E-state index contributed by atoms with van der Waals surface area (Å²) in [5.41, 5.74) is 2.06. The van der Waals surface area contributed by atoms with Gasteiger partial charge in [0.15, 0.2) is 12.4 Å². The Balaban J connectivity index is 1.73. The van der Waals surface area contributed by atoms with Crippen LogP contribution in [0.3, 0.4) is 0 Å². The Bertz CT molecular complexity index is 720. The summed E-state index contributed by atoms with van der Waals surface area (Å²) in [5.74, 6) is -0.423. The Labute approximate surface area is 165 Å². The molecule has 2 aromatic carbocycles. The molecule has 0 amide bonds. The van der Waals surface area contributed by atoms with Crippen LogP contribution in [0, 0.1) is 0 Å². The standard InChI is InChI=1S/C22H26O6/c1-16(23)28-21-20(26-14-18-11-7-4-8-12-18)19(15-27-22(21)24-2)25-13-17-9-5-3-6-10-17/h3-12,19-22H,13-15H2,1-2H3/t19-,20+,21-,22-/m1/s1. The maximum atomic E-state index is 11.6. The molecule has 6 heteroatoms. The molecule has 6 nitrogen and oxygen atoms in total. The second-order valence-electron chi connectivity index (χ2n) is 6.61. The zero-order valence-electron chi connectivity index (χ0n) is 16.2. The van der Waals surface area contributed by atoms with Crippen molar-refractivity contribution < 1.29 is 28.5 Å². The molecule has 0 radical (unpaired) electrons. The monoisotopic (exact) mass is 386 g/mol. The lowest BCUT2D eigenvalue weighted by Crippen LogP contribution is -2.57. The van der Waals surface area contributed by atoms with Gasteiger partial charge in [-0.2, -0.15) is 0 Å². The van der Waals surface area contributed by atoms with Gasteiger partial charge in [0.25, 0.3) is 0 Å². The number of carbonyl (C=O) groups is 1. The van der Waals surface area contributed by atoms with Crippen molar-refractivity contribution in [2.75, 3.05) is 13.7 Å². The Kier molecular flexibility index (Phi) is 7.56. The molecule has 4 atom stereocenters. The van der Waals surface area contributed by atoms with E-state index >= 15 is 0 Å². The summed E-state index contributed by atoms with van der Waals surface area (Å²) in [4.78, 5) is 11.6. The normalized spacial score (nSPS) is 24.6. The summed E-state index contributed by atoms with van der Waals surface area (Å²) in [6.45, 7) is 2.41. The van der Waals surface area contributed by atoms with Gasteiger partial charge in [0, 0.05) is 14.0 Å². The molecular formula is C22H26O6. The van der Waals surface area contributed by atoms with E-state index in [0.717, 1.165) is 11.1 Å². The van der Waals surface area contributed by atoms with E-state index in [0.29, 0.717) is 13.2 Å². The van der Waals surface area contributed by atoms with Gasteiger partial charge >= 0.3 is 5.97 Å². The molecule has 2 aromatic rings. The van der Waals surface area contributed by atoms with Crippen LogP contribution < -0.4 is 0 Å². The van der Waals surface area contributed by atoms with E-state index in [4.69, 9.17) is 23.7 Å². The van der Waals surface area contributed by atoms with Crippen LogP contribution in [0.4, 0.5) is 0 Å². The van der Waals surface area contributed by atoms with E-state index in [1.807, 2.05) is 60.7 Å². The quantitative estimate of drug-likeness (QED) is 0.650. The smallest absolute Gasteiger partial charge is 0.303 e. The summed E-state index contributed by atoms with van der Waals surface area (Å²) >= 11 is 0. The van der Waals surface area contributed by atoms with E-state index in [1.165, 1.54) is 14.0 Å². The number of benzene rings is 2. The molecule has 0 aromatic heterocycles. The second-order valence-corrected chi connectivity index (χ2v) is 6.61. The van der Waals surface area contributed by atoms with Crippen LogP contribution in [-0.2, 0) is 41.7 Å². The lowest BCUT2D eigenvalue weighted by molar-refractivity contribution is -0.285. The third kappa shape index (κ3) is 5.62. The molecule has 1 aliphatic heterocycles. The molecule has 28 heavy (non-hydrogen) atoms. The summed E-state index contributed by atoms with van der Waals surface area (Å²) in [6.07, 6.45) is -2.35. The number of methoxy groups -OCH3 is 1. The van der Waals surface area contributed by atoms with Crippen molar-refractivity contribution in [3.05, 3.63) is 71.8 Å². The van der Waals surface area contributed by atoms with Crippen molar-refractivity contribution in [3.8, 4) is 0 Å². The van der Waals surface area contributed by atoms with E-state index in [1.54, 1.807) is 0 Å². The maximum Gasteiger partial charge on any atom is 0.303 e. The van der Waals surface area contributed by atoms with Crippen LogP contribution >= 0.6 is 0 Å². The van der Waals surface area contributed by atoms with Crippen molar-refractivity contribution >= 4 is 5.97 Å². The fourth-order valence-corrected chi connectivity index (χ4v) is 3.15. The van der Waals surface area contributed by atoms with Crippen molar-refractivity contribution in [3.63, 3.8) is 0 Å². The molecule has 1 heterocycles. The molecule has 0 N–H and O–H groups in total. The molecule has 1 fully saturated rings. The molecule has 1 aliphatic rings. The average Bonchev–Trinajstić information content (AvgIpc) is 2.72. The van der Waals surface area contributed by atoms with Crippen LogP contribution in [0.1, 0.15) is 18.1 Å². The Morgan fingerprint density at radius 3 is 2.04 bits per heavy atom. The predicted molar refractivity (Wildman–Crippen MR) is 102 cm³/mol. The summed E-state index contributed by atoms with van der Waals surface area (Å²) < 4.78 is 28.8. The van der Waals surface area contributed by atoms with Crippen LogP contribution in [0.5, 0.6) is 0 Å². The second kappa shape index (κ2) is 10.3. The van der Waals surface area contributed by atoms with Gasteiger partial charge in [-0.3, -0.25) is 4.79 Å². The third-order valence-corrected chi connectivity index (χ3v) is 4.51. The van der Waals surface area contributed by atoms with Crippen LogP contribution in [0.25, 0.3) is 0 Å². The minimum atomic E-state index is -0.722. The topological polar surface area (TPSA) is 63.2 Å². The Hall–Kier alpha value is -2.25. The van der Waals surface area contributed by atoms with Gasteiger partial charge in [-0.25, -0.2) is 0 Å². The minimum absolute atomic E-state index is 0.280. The third-order valence-electron chi connectivity index (χ3n) is 4.51. The molecule has 150 valence electrons. The number of esters is 1. The molecule has 0 unspecified atom stereocenters. The molecular weight excluding hydrogens is 360 g/mol. The Morgan fingerprint density at radius 1 is 0.929 bits per heavy atom. The average molecular weight is 386 g/mol. The molecule has 0 bridgehead atoms. The molecule has 1 saturated heterocycles. The lowest BCUT2D eigenvalue weighted by Gasteiger charge is -2.40. The lowest BCUT2D eigenvalue weighted by atomic mass is 10.0. The van der Waals surface area contributed by atoms with Gasteiger partial charge in [0.1, 0.15) is 12.2 Å². The van der Waals surface area contributed by atoms with Crippen LogP contribution in [0.15, 0.2) is 60.7 Å². The van der Waals surface area contributed by atoms with Gasteiger partial charge in [-0.05, 0) is 11.1 Å². The van der Waals surface area contributed by atoms with Crippen LogP contribution in [-0.4, -0.2) is 44.3 Å². The Morgan fingerprint density at radius 2 is 1.50 bits per heavy atom. The van der Waals surface area contributed by atoms with Crippen molar-refractivity contribution in [2.24, 2.45) is 0 Å².